The van der Waals surface area contributed by atoms with E-state index < -0.39 is 0 Å². The molecular formula is C13H13ClN2O. The Bertz CT molecular complexity index is 597. The van der Waals surface area contributed by atoms with E-state index in [0.29, 0.717) is 11.6 Å². The van der Waals surface area contributed by atoms with Crippen LogP contribution in [0.2, 0.25) is 0 Å². The minimum absolute atomic E-state index is 0.250. The molecule has 3 nitrogen and oxygen atoms in total. The fourth-order valence-electron chi connectivity index (χ4n) is 2.55. The first kappa shape index (κ1) is 10.5. The van der Waals surface area contributed by atoms with E-state index in [9.17, 15) is 5.11 Å². The smallest absolute Gasteiger partial charge is 0.125 e. The Kier molecular flexibility index (Phi) is 2.30. The van der Waals surface area contributed by atoms with E-state index >= 15 is 0 Å². The van der Waals surface area contributed by atoms with Gasteiger partial charge in [-0.3, -0.25) is 0 Å². The number of nitrogens with two attached hydrogens (primary N) is 1. The molecule has 1 unspecified atom stereocenters. The number of fused-ring (bicyclic) bond motifs is 3. The molecule has 3 rings (SSSR count). The molecule has 1 aliphatic heterocycles. The summed E-state index contributed by atoms with van der Waals surface area (Å²) < 4.78 is 0. The molecule has 1 aliphatic rings. The summed E-state index contributed by atoms with van der Waals surface area (Å²) in [6.45, 7) is 0.797. The topological polar surface area (TPSA) is 58.3 Å². The second-order valence-electron chi connectivity index (χ2n) is 4.36. The van der Waals surface area contributed by atoms with Gasteiger partial charge < -0.3 is 16.2 Å². The summed E-state index contributed by atoms with van der Waals surface area (Å²) in [4.78, 5) is 0. The lowest BCUT2D eigenvalue weighted by Crippen LogP contribution is -2.03. The fraction of sp³-hybridized carbons (Fsp3) is 0.231. The molecule has 0 bridgehead atoms. The van der Waals surface area contributed by atoms with Gasteiger partial charge in [-0.2, -0.15) is 0 Å². The molecule has 2 aromatic carbocycles. The number of anilines is 2. The number of phenolic OH excluding ortho intramolecular Hbond substituents is 1. The molecular weight excluding hydrogens is 236 g/mol. The molecule has 2 aromatic rings. The van der Waals surface area contributed by atoms with E-state index in [1.165, 1.54) is 0 Å². The molecule has 0 saturated carbocycles. The fourth-order valence-corrected chi connectivity index (χ4v) is 2.81. The van der Waals surface area contributed by atoms with Crippen LogP contribution in [-0.2, 0) is 0 Å². The van der Waals surface area contributed by atoms with Crippen molar-refractivity contribution in [1.29, 1.82) is 0 Å². The van der Waals surface area contributed by atoms with Crippen LogP contribution in [-0.4, -0.2) is 17.5 Å². The molecule has 17 heavy (non-hydrogen) atoms. The Morgan fingerprint density at radius 2 is 2.29 bits per heavy atom. The van der Waals surface area contributed by atoms with Gasteiger partial charge in [0.2, 0.25) is 0 Å². The first-order valence-electron chi connectivity index (χ1n) is 5.56. The maximum absolute atomic E-state index is 9.99. The number of nitrogen functional groups attached to an aromatic ring is 1. The van der Waals surface area contributed by atoms with Crippen molar-refractivity contribution in [3.8, 4) is 5.75 Å². The lowest BCUT2D eigenvalue weighted by Gasteiger charge is -2.13. The molecule has 4 N–H and O–H groups in total. The third-order valence-electron chi connectivity index (χ3n) is 3.35. The summed E-state index contributed by atoms with van der Waals surface area (Å²) in [7, 11) is 0. The van der Waals surface area contributed by atoms with Gasteiger partial charge in [0.15, 0.2) is 0 Å². The van der Waals surface area contributed by atoms with E-state index in [0.717, 1.165) is 28.6 Å². The van der Waals surface area contributed by atoms with Crippen molar-refractivity contribution in [1.82, 2.24) is 0 Å². The molecule has 1 atom stereocenters. The van der Waals surface area contributed by atoms with Gasteiger partial charge in [0.05, 0.1) is 0 Å². The van der Waals surface area contributed by atoms with E-state index in [1.807, 2.05) is 18.2 Å². The van der Waals surface area contributed by atoms with Crippen LogP contribution in [0.4, 0.5) is 11.4 Å². The average Bonchev–Trinajstić information content (AvgIpc) is 2.72. The maximum Gasteiger partial charge on any atom is 0.125 e. The van der Waals surface area contributed by atoms with Crippen molar-refractivity contribution in [3.63, 3.8) is 0 Å². The summed E-state index contributed by atoms with van der Waals surface area (Å²) in [6.07, 6.45) is 0. The normalized spacial score (nSPS) is 18.1. The Morgan fingerprint density at radius 1 is 1.47 bits per heavy atom. The number of hydrogen-bond acceptors (Lipinski definition) is 3. The second-order valence-corrected chi connectivity index (χ2v) is 4.67. The summed E-state index contributed by atoms with van der Waals surface area (Å²) in [5.74, 6) is 1.06. The van der Waals surface area contributed by atoms with Crippen molar-refractivity contribution in [2.24, 2.45) is 0 Å². The van der Waals surface area contributed by atoms with Crippen LogP contribution in [0.25, 0.3) is 10.8 Å². The van der Waals surface area contributed by atoms with Gasteiger partial charge in [-0.25, -0.2) is 0 Å². The molecule has 0 amide bonds. The first-order chi connectivity index (χ1) is 8.22. The van der Waals surface area contributed by atoms with Crippen molar-refractivity contribution < 1.29 is 5.11 Å². The highest BCUT2D eigenvalue weighted by Gasteiger charge is 2.26. The number of halogens is 1. The van der Waals surface area contributed by atoms with Crippen LogP contribution in [0.5, 0.6) is 5.75 Å². The van der Waals surface area contributed by atoms with Gasteiger partial charge in [-0.15, -0.1) is 11.6 Å². The van der Waals surface area contributed by atoms with E-state index in [1.54, 1.807) is 6.07 Å². The minimum atomic E-state index is 0.250. The predicted molar refractivity (Wildman–Crippen MR) is 72.0 cm³/mol. The average molecular weight is 249 g/mol. The van der Waals surface area contributed by atoms with Crippen LogP contribution in [0.15, 0.2) is 24.3 Å². The number of hydrogen-bond donors (Lipinski definition) is 3. The van der Waals surface area contributed by atoms with Gasteiger partial charge in [-0.05, 0) is 11.6 Å². The number of aromatic hydroxyl groups is 1. The van der Waals surface area contributed by atoms with Crippen molar-refractivity contribution in [2.75, 3.05) is 23.5 Å². The van der Waals surface area contributed by atoms with E-state index in [-0.39, 0.29) is 11.7 Å². The quantitative estimate of drug-likeness (QED) is 0.537. The van der Waals surface area contributed by atoms with Crippen LogP contribution in [0.1, 0.15) is 11.5 Å². The van der Waals surface area contributed by atoms with E-state index in [2.05, 4.69) is 5.32 Å². The monoisotopic (exact) mass is 248 g/mol. The molecule has 0 radical (unpaired) electrons. The van der Waals surface area contributed by atoms with Crippen molar-refractivity contribution in [2.45, 2.75) is 5.92 Å². The predicted octanol–water partition coefficient (Wildman–Crippen LogP) is 2.88. The van der Waals surface area contributed by atoms with Gasteiger partial charge in [-0.1, -0.05) is 12.1 Å². The number of benzene rings is 2. The Labute approximate surface area is 104 Å². The summed E-state index contributed by atoms with van der Waals surface area (Å²) in [6, 6.07) is 7.34. The lowest BCUT2D eigenvalue weighted by atomic mass is 9.94. The summed E-state index contributed by atoms with van der Waals surface area (Å²) in [5.41, 5.74) is 8.80. The van der Waals surface area contributed by atoms with Gasteiger partial charge in [0.1, 0.15) is 5.75 Å². The lowest BCUT2D eigenvalue weighted by molar-refractivity contribution is 0.482. The standard InChI is InChI=1S/C13H13ClN2O/c14-5-7-6-16-10-4-11(17)8-2-1-3-9(15)13(8)12(7)10/h1-4,7,16-17H,5-6,15H2. The third kappa shape index (κ3) is 1.42. The molecule has 88 valence electrons. The highest BCUT2D eigenvalue weighted by Crippen LogP contribution is 2.44. The molecule has 1 heterocycles. The Balaban J connectivity index is 2.43. The Morgan fingerprint density at radius 3 is 3.06 bits per heavy atom. The number of nitrogens with one attached hydrogen (secondary N) is 1. The minimum Gasteiger partial charge on any atom is -0.507 e. The molecule has 0 fully saturated rings. The van der Waals surface area contributed by atoms with Gasteiger partial charge >= 0.3 is 0 Å². The largest absolute Gasteiger partial charge is 0.507 e. The van der Waals surface area contributed by atoms with Crippen LogP contribution in [0.3, 0.4) is 0 Å². The summed E-state index contributed by atoms with van der Waals surface area (Å²) >= 11 is 5.98. The Hall–Kier alpha value is -1.61. The highest BCUT2D eigenvalue weighted by molar-refractivity contribution is 6.19. The van der Waals surface area contributed by atoms with Crippen LogP contribution < -0.4 is 11.1 Å². The van der Waals surface area contributed by atoms with Crippen LogP contribution >= 0.6 is 11.6 Å². The molecule has 4 heteroatoms. The SMILES string of the molecule is Nc1cccc2c(O)cc3c(c12)C(CCl)CN3. The number of alkyl halides is 1. The van der Waals surface area contributed by atoms with Crippen molar-refractivity contribution in [3.05, 3.63) is 29.8 Å². The summed E-state index contributed by atoms with van der Waals surface area (Å²) in [5, 5.41) is 15.0. The number of rotatable bonds is 1. The van der Waals surface area contributed by atoms with E-state index in [4.69, 9.17) is 17.3 Å². The van der Waals surface area contributed by atoms with Crippen LogP contribution in [0, 0.1) is 0 Å². The first-order valence-corrected chi connectivity index (χ1v) is 6.09. The maximum atomic E-state index is 9.99. The third-order valence-corrected chi connectivity index (χ3v) is 3.72. The number of phenols is 1. The molecule has 0 saturated heterocycles. The zero-order valence-electron chi connectivity index (χ0n) is 9.20. The van der Waals surface area contributed by atoms with Crippen molar-refractivity contribution >= 4 is 33.7 Å². The zero-order chi connectivity index (χ0) is 12.0. The highest BCUT2D eigenvalue weighted by atomic mass is 35.5. The molecule has 0 spiro atoms. The van der Waals surface area contributed by atoms with Gasteiger partial charge in [0, 0.05) is 46.6 Å². The zero-order valence-corrected chi connectivity index (χ0v) is 9.96. The molecule has 0 aliphatic carbocycles. The molecule has 0 aromatic heterocycles. The van der Waals surface area contributed by atoms with Gasteiger partial charge in [0.25, 0.3) is 0 Å². The second kappa shape index (κ2) is 3.70.